The van der Waals surface area contributed by atoms with Crippen molar-refractivity contribution in [1.82, 2.24) is 9.80 Å². The molecule has 0 atom stereocenters. The summed E-state index contributed by atoms with van der Waals surface area (Å²) in [6.45, 7) is 1.61. The molecular formula is C21H23N3O6. The van der Waals surface area contributed by atoms with Crippen LogP contribution in [0.3, 0.4) is 0 Å². The molecule has 0 bridgehead atoms. The number of non-ortho nitro benzene ring substituents is 1. The van der Waals surface area contributed by atoms with Gasteiger partial charge in [-0.2, -0.15) is 0 Å². The summed E-state index contributed by atoms with van der Waals surface area (Å²) in [4.78, 5) is 39.1. The summed E-state index contributed by atoms with van der Waals surface area (Å²) < 4.78 is 10.7. The van der Waals surface area contributed by atoms with Crippen molar-refractivity contribution in [3.63, 3.8) is 0 Å². The number of methoxy groups -OCH3 is 1. The van der Waals surface area contributed by atoms with E-state index in [0.717, 1.165) is 0 Å². The van der Waals surface area contributed by atoms with Crippen LogP contribution in [0, 0.1) is 10.1 Å². The van der Waals surface area contributed by atoms with E-state index in [0.29, 0.717) is 43.9 Å². The van der Waals surface area contributed by atoms with Crippen molar-refractivity contribution < 1.29 is 24.0 Å². The van der Waals surface area contributed by atoms with Crippen LogP contribution < -0.4 is 9.47 Å². The third-order valence-corrected chi connectivity index (χ3v) is 4.86. The highest BCUT2D eigenvalue weighted by Crippen LogP contribution is 2.21. The van der Waals surface area contributed by atoms with Gasteiger partial charge in [-0.3, -0.25) is 19.7 Å². The molecule has 158 valence electrons. The smallest absolute Gasteiger partial charge is 0.273 e. The first-order valence-electron chi connectivity index (χ1n) is 9.57. The molecule has 1 heterocycles. The molecule has 2 aromatic carbocycles. The fraction of sp³-hybridized carbons (Fsp3) is 0.333. The molecule has 0 N–H and O–H groups in total. The number of carbonyl (C=O) groups is 2. The minimum atomic E-state index is -0.517. The van der Waals surface area contributed by atoms with Gasteiger partial charge < -0.3 is 19.3 Å². The van der Waals surface area contributed by atoms with Crippen LogP contribution >= 0.6 is 0 Å². The number of carbonyl (C=O) groups excluding carboxylic acids is 2. The van der Waals surface area contributed by atoms with E-state index in [2.05, 4.69) is 0 Å². The molecule has 0 unspecified atom stereocenters. The number of rotatable bonds is 6. The molecule has 1 aliphatic rings. The van der Waals surface area contributed by atoms with Crippen molar-refractivity contribution in [3.8, 4) is 11.5 Å². The zero-order valence-electron chi connectivity index (χ0n) is 16.7. The van der Waals surface area contributed by atoms with E-state index in [4.69, 9.17) is 9.47 Å². The zero-order chi connectivity index (χ0) is 21.5. The summed E-state index contributed by atoms with van der Waals surface area (Å²) in [6.07, 6.45) is 0.642. The maximum atomic E-state index is 12.9. The highest BCUT2D eigenvalue weighted by Gasteiger charge is 2.24. The number of amides is 2. The van der Waals surface area contributed by atoms with Crippen molar-refractivity contribution in [2.45, 2.75) is 6.42 Å². The Bertz CT molecular complexity index is 932. The maximum absolute atomic E-state index is 12.9. The monoisotopic (exact) mass is 413 g/mol. The third kappa shape index (κ3) is 5.05. The number of nitro groups is 1. The van der Waals surface area contributed by atoms with Crippen LogP contribution in [-0.2, 0) is 4.79 Å². The van der Waals surface area contributed by atoms with Gasteiger partial charge in [0.15, 0.2) is 6.61 Å². The van der Waals surface area contributed by atoms with E-state index >= 15 is 0 Å². The molecule has 1 aliphatic heterocycles. The number of nitrogens with zero attached hydrogens (tertiary/aromatic N) is 3. The Morgan fingerprint density at radius 3 is 2.53 bits per heavy atom. The first-order valence-corrected chi connectivity index (χ1v) is 9.57. The van der Waals surface area contributed by atoms with Gasteiger partial charge >= 0.3 is 0 Å². The average molecular weight is 413 g/mol. The molecule has 0 radical (unpaired) electrons. The Labute approximate surface area is 173 Å². The second kappa shape index (κ2) is 9.73. The van der Waals surface area contributed by atoms with Gasteiger partial charge in [0.1, 0.15) is 11.5 Å². The highest BCUT2D eigenvalue weighted by atomic mass is 16.6. The SMILES string of the molecule is COc1ccccc1C(=O)N1CCCN(C(=O)COc2cccc([N+](=O)[O-])c2)CC1. The van der Waals surface area contributed by atoms with Gasteiger partial charge in [-0.1, -0.05) is 18.2 Å². The lowest BCUT2D eigenvalue weighted by atomic mass is 10.1. The van der Waals surface area contributed by atoms with E-state index < -0.39 is 4.92 Å². The molecule has 0 aromatic heterocycles. The second-order valence-corrected chi connectivity index (χ2v) is 6.77. The lowest BCUT2D eigenvalue weighted by Crippen LogP contribution is -2.39. The summed E-state index contributed by atoms with van der Waals surface area (Å²) in [6, 6.07) is 12.8. The molecule has 1 fully saturated rings. The molecule has 0 aliphatic carbocycles. The quantitative estimate of drug-likeness (QED) is 0.532. The summed E-state index contributed by atoms with van der Waals surface area (Å²) in [7, 11) is 1.52. The summed E-state index contributed by atoms with van der Waals surface area (Å²) in [5.74, 6) is 0.424. The minimum Gasteiger partial charge on any atom is -0.496 e. The highest BCUT2D eigenvalue weighted by molar-refractivity contribution is 5.97. The van der Waals surface area contributed by atoms with E-state index in [1.807, 2.05) is 0 Å². The van der Waals surface area contributed by atoms with E-state index in [1.165, 1.54) is 25.3 Å². The van der Waals surface area contributed by atoms with Gasteiger partial charge in [-0.15, -0.1) is 0 Å². The number of ether oxygens (including phenoxy) is 2. The third-order valence-electron chi connectivity index (χ3n) is 4.86. The number of hydrogen-bond donors (Lipinski definition) is 0. The van der Waals surface area contributed by atoms with E-state index in [1.54, 1.807) is 40.1 Å². The van der Waals surface area contributed by atoms with Crippen molar-refractivity contribution in [1.29, 1.82) is 0 Å². The number of nitro benzene ring substituents is 1. The van der Waals surface area contributed by atoms with Crippen LogP contribution in [0.4, 0.5) is 5.69 Å². The molecule has 2 amide bonds. The fourth-order valence-electron chi connectivity index (χ4n) is 3.28. The van der Waals surface area contributed by atoms with E-state index in [9.17, 15) is 19.7 Å². The maximum Gasteiger partial charge on any atom is 0.273 e. The summed E-state index contributed by atoms with van der Waals surface area (Å²) in [5.41, 5.74) is 0.397. The van der Waals surface area contributed by atoms with Gasteiger partial charge in [0.2, 0.25) is 0 Å². The summed E-state index contributed by atoms with van der Waals surface area (Å²) in [5, 5.41) is 10.8. The molecule has 30 heavy (non-hydrogen) atoms. The number of hydrogen-bond acceptors (Lipinski definition) is 6. The zero-order valence-corrected chi connectivity index (χ0v) is 16.7. The molecule has 2 aromatic rings. The van der Waals surface area contributed by atoms with Gasteiger partial charge in [0, 0.05) is 32.2 Å². The van der Waals surface area contributed by atoms with Crippen molar-refractivity contribution in [2.75, 3.05) is 39.9 Å². The van der Waals surface area contributed by atoms with Crippen molar-refractivity contribution in [3.05, 3.63) is 64.2 Å². The van der Waals surface area contributed by atoms with Crippen molar-refractivity contribution >= 4 is 17.5 Å². The number of para-hydroxylation sites is 1. The molecule has 0 spiro atoms. The van der Waals surface area contributed by atoms with Crippen LogP contribution in [0.15, 0.2) is 48.5 Å². The molecule has 9 nitrogen and oxygen atoms in total. The average Bonchev–Trinajstić information content (AvgIpc) is 3.03. The molecule has 3 rings (SSSR count). The van der Waals surface area contributed by atoms with Gasteiger partial charge in [-0.25, -0.2) is 0 Å². The Balaban J connectivity index is 1.57. The van der Waals surface area contributed by atoms with Crippen LogP contribution in [0.1, 0.15) is 16.8 Å². The lowest BCUT2D eigenvalue weighted by Gasteiger charge is -2.23. The fourth-order valence-corrected chi connectivity index (χ4v) is 3.28. The van der Waals surface area contributed by atoms with Crippen LogP contribution in [0.25, 0.3) is 0 Å². The van der Waals surface area contributed by atoms with Crippen molar-refractivity contribution in [2.24, 2.45) is 0 Å². The first kappa shape index (κ1) is 21.1. The predicted molar refractivity (Wildman–Crippen MR) is 109 cm³/mol. The summed E-state index contributed by atoms with van der Waals surface area (Å²) >= 11 is 0. The molecular weight excluding hydrogens is 390 g/mol. The Morgan fingerprint density at radius 2 is 1.77 bits per heavy atom. The normalized spacial score (nSPS) is 14.0. The first-order chi connectivity index (χ1) is 14.5. The van der Waals surface area contributed by atoms with Gasteiger partial charge in [0.25, 0.3) is 17.5 Å². The molecule has 0 saturated carbocycles. The standard InChI is InChI=1S/C21H23N3O6/c1-29-19-9-3-2-8-18(19)21(26)23-11-5-10-22(12-13-23)20(25)15-30-17-7-4-6-16(14-17)24(27)28/h2-4,6-9,14H,5,10-13,15H2,1H3. The van der Waals surface area contributed by atoms with E-state index in [-0.39, 0.29) is 29.9 Å². The second-order valence-electron chi connectivity index (χ2n) is 6.77. The topological polar surface area (TPSA) is 102 Å². The van der Waals surface area contributed by atoms with Crippen LogP contribution in [-0.4, -0.2) is 66.4 Å². The Kier molecular flexibility index (Phi) is 6.84. The largest absolute Gasteiger partial charge is 0.496 e. The predicted octanol–water partition coefficient (Wildman–Crippen LogP) is 2.36. The molecule has 1 saturated heterocycles. The van der Waals surface area contributed by atoms with Gasteiger partial charge in [0.05, 0.1) is 23.7 Å². The minimum absolute atomic E-state index is 0.0970. The Hall–Kier alpha value is -3.62. The Morgan fingerprint density at radius 1 is 1.03 bits per heavy atom. The lowest BCUT2D eigenvalue weighted by molar-refractivity contribution is -0.384. The van der Waals surface area contributed by atoms with Crippen LogP contribution in [0.2, 0.25) is 0 Å². The number of benzene rings is 2. The van der Waals surface area contributed by atoms with Gasteiger partial charge in [-0.05, 0) is 24.6 Å². The molecule has 9 heteroatoms. The van der Waals surface area contributed by atoms with Crippen LogP contribution in [0.5, 0.6) is 11.5 Å².